The molecular formula is C18H22F2N6O. The van der Waals surface area contributed by atoms with E-state index in [9.17, 15) is 13.9 Å². The van der Waals surface area contributed by atoms with Gasteiger partial charge >= 0.3 is 0 Å². The first-order valence-electron chi connectivity index (χ1n) is 8.73. The van der Waals surface area contributed by atoms with Crippen LogP contribution in [-0.2, 0) is 0 Å². The van der Waals surface area contributed by atoms with Crippen molar-refractivity contribution >= 4 is 28.7 Å². The first-order valence-corrected chi connectivity index (χ1v) is 8.73. The molecule has 0 aliphatic rings. The number of hydrogen-bond acceptors (Lipinski definition) is 6. The summed E-state index contributed by atoms with van der Waals surface area (Å²) < 4.78 is 29.0. The standard InChI is InChI=1S/C18H22F2N6O/c1-10(2)22-17-21-9-15-16(25-17)26(11(3)6-7-27)18(24-15)23-14-5-4-12(19)8-13(14)20/h4-5,8-11,27H,6-7H2,1-3H3,(H,23,24)(H,21,22,25)/t11-/m0/s1. The lowest BCUT2D eigenvalue weighted by molar-refractivity contribution is 0.264. The SMILES string of the molecule is CC(C)Nc1ncc2nc(Nc3ccc(F)cc3F)n([C@@H](C)CCO)c2n1. The minimum absolute atomic E-state index is 0.0205. The van der Waals surface area contributed by atoms with Crippen LogP contribution in [-0.4, -0.2) is 37.3 Å². The number of aliphatic hydroxyl groups excluding tert-OH is 1. The number of nitrogens with zero attached hydrogens (tertiary/aromatic N) is 4. The fourth-order valence-electron chi connectivity index (χ4n) is 2.75. The van der Waals surface area contributed by atoms with Crippen LogP contribution in [0.4, 0.5) is 26.4 Å². The summed E-state index contributed by atoms with van der Waals surface area (Å²) in [6, 6.07) is 3.27. The maximum absolute atomic E-state index is 14.1. The second-order valence-corrected chi connectivity index (χ2v) is 6.62. The lowest BCUT2D eigenvalue weighted by atomic mass is 10.2. The number of benzene rings is 1. The van der Waals surface area contributed by atoms with Crippen molar-refractivity contribution < 1.29 is 13.9 Å². The van der Waals surface area contributed by atoms with Gasteiger partial charge < -0.3 is 15.7 Å². The Bertz CT molecular complexity index is 943. The third-order valence-electron chi connectivity index (χ3n) is 4.02. The number of imidazole rings is 1. The molecule has 0 amide bonds. The maximum atomic E-state index is 14.1. The summed E-state index contributed by atoms with van der Waals surface area (Å²) in [6.45, 7) is 5.83. The zero-order valence-corrected chi connectivity index (χ0v) is 15.4. The van der Waals surface area contributed by atoms with Crippen LogP contribution in [0.1, 0.15) is 33.2 Å². The molecule has 0 aliphatic carbocycles. The van der Waals surface area contributed by atoms with E-state index in [0.717, 1.165) is 6.07 Å². The number of nitrogens with one attached hydrogen (secondary N) is 2. The summed E-state index contributed by atoms with van der Waals surface area (Å²) in [5.41, 5.74) is 1.18. The molecule has 7 nitrogen and oxygen atoms in total. The van der Waals surface area contributed by atoms with Gasteiger partial charge in [0.1, 0.15) is 17.2 Å². The first-order chi connectivity index (χ1) is 12.9. The van der Waals surface area contributed by atoms with Crippen LogP contribution >= 0.6 is 0 Å². The van der Waals surface area contributed by atoms with Crippen molar-refractivity contribution in [3.8, 4) is 0 Å². The monoisotopic (exact) mass is 376 g/mol. The van der Waals surface area contributed by atoms with Gasteiger partial charge in [-0.15, -0.1) is 0 Å². The van der Waals surface area contributed by atoms with Crippen LogP contribution in [0.15, 0.2) is 24.4 Å². The molecule has 9 heteroatoms. The molecule has 27 heavy (non-hydrogen) atoms. The summed E-state index contributed by atoms with van der Waals surface area (Å²) in [4.78, 5) is 13.2. The summed E-state index contributed by atoms with van der Waals surface area (Å²) in [6.07, 6.45) is 2.05. The molecule has 0 spiro atoms. The summed E-state index contributed by atoms with van der Waals surface area (Å²) in [7, 11) is 0. The molecule has 1 atom stereocenters. The first kappa shape index (κ1) is 19.0. The van der Waals surface area contributed by atoms with Gasteiger partial charge in [0.2, 0.25) is 11.9 Å². The van der Waals surface area contributed by atoms with E-state index in [1.54, 1.807) is 10.8 Å². The third-order valence-corrected chi connectivity index (χ3v) is 4.02. The van der Waals surface area contributed by atoms with Gasteiger partial charge in [-0.1, -0.05) is 0 Å². The molecule has 0 aliphatic heterocycles. The molecular weight excluding hydrogens is 354 g/mol. The predicted octanol–water partition coefficient (Wildman–Crippen LogP) is 3.61. The van der Waals surface area contributed by atoms with Gasteiger partial charge in [-0.2, -0.15) is 4.98 Å². The Balaban J connectivity index is 2.08. The van der Waals surface area contributed by atoms with Crippen molar-refractivity contribution in [1.29, 1.82) is 0 Å². The van der Waals surface area contributed by atoms with Crippen molar-refractivity contribution in [2.75, 3.05) is 17.2 Å². The second-order valence-electron chi connectivity index (χ2n) is 6.62. The van der Waals surface area contributed by atoms with Gasteiger partial charge in [-0.25, -0.2) is 18.7 Å². The topological polar surface area (TPSA) is 87.9 Å². The Morgan fingerprint density at radius 3 is 2.63 bits per heavy atom. The largest absolute Gasteiger partial charge is 0.396 e. The normalized spacial score (nSPS) is 12.6. The summed E-state index contributed by atoms with van der Waals surface area (Å²) >= 11 is 0. The molecule has 2 heterocycles. The molecule has 0 radical (unpaired) electrons. The molecule has 1 aromatic carbocycles. The van der Waals surface area contributed by atoms with Crippen molar-refractivity contribution in [2.45, 2.75) is 39.3 Å². The van der Waals surface area contributed by atoms with Crippen LogP contribution in [0.2, 0.25) is 0 Å². The molecule has 144 valence electrons. The van der Waals surface area contributed by atoms with Crippen LogP contribution in [0.25, 0.3) is 11.2 Å². The van der Waals surface area contributed by atoms with Crippen LogP contribution < -0.4 is 10.6 Å². The Labute approximate surface area is 155 Å². The van der Waals surface area contributed by atoms with Crippen LogP contribution in [0, 0.1) is 11.6 Å². The molecule has 0 unspecified atom stereocenters. The molecule has 3 aromatic rings. The molecule has 0 saturated carbocycles. The average molecular weight is 376 g/mol. The highest BCUT2D eigenvalue weighted by Gasteiger charge is 2.19. The number of rotatable bonds is 7. The van der Waals surface area contributed by atoms with Gasteiger partial charge in [-0.3, -0.25) is 4.57 Å². The number of anilines is 3. The summed E-state index contributed by atoms with van der Waals surface area (Å²) in [5, 5.41) is 15.4. The Hall–Kier alpha value is -2.81. The van der Waals surface area contributed by atoms with E-state index in [1.807, 2.05) is 20.8 Å². The van der Waals surface area contributed by atoms with E-state index < -0.39 is 11.6 Å². The van der Waals surface area contributed by atoms with E-state index >= 15 is 0 Å². The highest BCUT2D eigenvalue weighted by molar-refractivity contribution is 5.76. The molecule has 0 fully saturated rings. The Kier molecular flexibility index (Phi) is 5.50. The lowest BCUT2D eigenvalue weighted by Gasteiger charge is -2.17. The van der Waals surface area contributed by atoms with Crippen molar-refractivity contribution in [2.24, 2.45) is 0 Å². The van der Waals surface area contributed by atoms with E-state index in [-0.39, 0.29) is 24.4 Å². The number of aromatic nitrogens is 4. The fraction of sp³-hybridized carbons (Fsp3) is 0.389. The van der Waals surface area contributed by atoms with Gasteiger partial charge in [0.05, 0.1) is 11.9 Å². The Morgan fingerprint density at radius 2 is 1.96 bits per heavy atom. The molecule has 3 N–H and O–H groups in total. The molecule has 3 rings (SSSR count). The van der Waals surface area contributed by atoms with Crippen molar-refractivity contribution in [1.82, 2.24) is 19.5 Å². The van der Waals surface area contributed by atoms with E-state index in [0.29, 0.717) is 29.5 Å². The second kappa shape index (κ2) is 7.83. The minimum atomic E-state index is -0.725. The quantitative estimate of drug-likeness (QED) is 0.584. The van der Waals surface area contributed by atoms with Crippen LogP contribution in [0.5, 0.6) is 0 Å². The highest BCUT2D eigenvalue weighted by atomic mass is 19.1. The van der Waals surface area contributed by atoms with Gasteiger partial charge in [0.15, 0.2) is 5.65 Å². The van der Waals surface area contributed by atoms with Crippen molar-refractivity contribution in [3.63, 3.8) is 0 Å². The molecule has 2 aromatic heterocycles. The molecule has 0 bridgehead atoms. The number of fused-ring (bicyclic) bond motifs is 1. The number of hydrogen-bond donors (Lipinski definition) is 3. The zero-order chi connectivity index (χ0) is 19.6. The van der Waals surface area contributed by atoms with E-state index in [2.05, 4.69) is 25.6 Å². The van der Waals surface area contributed by atoms with Gasteiger partial charge in [0.25, 0.3) is 0 Å². The van der Waals surface area contributed by atoms with Gasteiger partial charge in [0, 0.05) is 24.8 Å². The lowest BCUT2D eigenvalue weighted by Crippen LogP contribution is -2.14. The van der Waals surface area contributed by atoms with Crippen molar-refractivity contribution in [3.05, 3.63) is 36.0 Å². The van der Waals surface area contributed by atoms with Gasteiger partial charge in [-0.05, 0) is 39.3 Å². The van der Waals surface area contributed by atoms with E-state index in [1.165, 1.54) is 12.1 Å². The smallest absolute Gasteiger partial charge is 0.224 e. The highest BCUT2D eigenvalue weighted by Crippen LogP contribution is 2.28. The van der Waals surface area contributed by atoms with Crippen LogP contribution in [0.3, 0.4) is 0 Å². The number of aliphatic hydroxyl groups is 1. The average Bonchev–Trinajstić information content (AvgIpc) is 2.94. The summed E-state index contributed by atoms with van der Waals surface area (Å²) in [5.74, 6) is -0.589. The maximum Gasteiger partial charge on any atom is 0.224 e. The fourth-order valence-corrected chi connectivity index (χ4v) is 2.75. The zero-order valence-electron chi connectivity index (χ0n) is 15.4. The number of halogens is 2. The molecule has 0 saturated heterocycles. The minimum Gasteiger partial charge on any atom is -0.396 e. The van der Waals surface area contributed by atoms with E-state index in [4.69, 9.17) is 0 Å². The predicted molar refractivity (Wildman–Crippen MR) is 100 cm³/mol. The third kappa shape index (κ3) is 4.13. The Morgan fingerprint density at radius 1 is 1.19 bits per heavy atom.